The molecule has 0 radical (unpaired) electrons. The van der Waals surface area contributed by atoms with Crippen LogP contribution in [-0.4, -0.2) is 5.91 Å². The molecule has 1 amide bonds. The monoisotopic (exact) mass is 251 g/mol. The van der Waals surface area contributed by atoms with E-state index in [-0.39, 0.29) is 11.4 Å². The highest BCUT2D eigenvalue weighted by Crippen LogP contribution is 2.45. The van der Waals surface area contributed by atoms with Crippen molar-refractivity contribution in [1.82, 2.24) is 5.32 Å². The van der Waals surface area contributed by atoms with E-state index in [0.29, 0.717) is 0 Å². The molecule has 3 rings (SSSR count). The Morgan fingerprint density at radius 3 is 2.42 bits per heavy atom. The van der Waals surface area contributed by atoms with Gasteiger partial charge in [-0.1, -0.05) is 48.0 Å². The van der Waals surface area contributed by atoms with E-state index < -0.39 is 0 Å². The molecule has 2 heteroatoms. The van der Waals surface area contributed by atoms with Crippen molar-refractivity contribution >= 4 is 5.91 Å². The summed E-state index contributed by atoms with van der Waals surface area (Å²) < 4.78 is 0. The van der Waals surface area contributed by atoms with E-state index in [2.05, 4.69) is 17.4 Å². The number of aryl methyl sites for hydroxylation is 1. The van der Waals surface area contributed by atoms with Crippen LogP contribution in [0, 0.1) is 6.92 Å². The Bertz CT molecular complexity index is 600. The topological polar surface area (TPSA) is 29.1 Å². The minimum Gasteiger partial charge on any atom is -0.343 e. The maximum absolute atomic E-state index is 12.3. The molecule has 0 unspecified atom stereocenters. The summed E-state index contributed by atoms with van der Waals surface area (Å²) >= 11 is 0. The lowest BCUT2D eigenvalue weighted by atomic mass is 10.0. The lowest BCUT2D eigenvalue weighted by Crippen LogP contribution is -2.34. The molecule has 0 aliphatic heterocycles. The summed E-state index contributed by atoms with van der Waals surface area (Å²) in [7, 11) is 0. The zero-order chi connectivity index (χ0) is 13.3. The normalized spacial score (nSPS) is 15.8. The molecule has 1 aliphatic carbocycles. The summed E-state index contributed by atoms with van der Waals surface area (Å²) in [5.74, 6) is 0.0186. The van der Waals surface area contributed by atoms with Crippen molar-refractivity contribution in [2.24, 2.45) is 0 Å². The summed E-state index contributed by atoms with van der Waals surface area (Å²) in [5, 5.41) is 3.19. The third-order valence-electron chi connectivity index (χ3n) is 3.71. The second-order valence-corrected chi connectivity index (χ2v) is 5.27. The number of amides is 1. The standard InChI is InChI=1S/C17H17NO/c1-13-6-5-7-14(12-13)16(19)18-17(10-11-17)15-8-3-2-4-9-15/h2-9,12H,10-11H2,1H3,(H,18,19). The van der Waals surface area contributed by atoms with E-state index in [9.17, 15) is 4.79 Å². The molecule has 2 nitrogen and oxygen atoms in total. The third kappa shape index (κ3) is 2.39. The maximum Gasteiger partial charge on any atom is 0.251 e. The van der Waals surface area contributed by atoms with Crippen LogP contribution in [0.2, 0.25) is 0 Å². The smallest absolute Gasteiger partial charge is 0.251 e. The molecule has 1 aliphatic rings. The van der Waals surface area contributed by atoms with Gasteiger partial charge in [-0.05, 0) is 37.5 Å². The van der Waals surface area contributed by atoms with E-state index >= 15 is 0 Å². The number of hydrogen-bond acceptors (Lipinski definition) is 1. The summed E-state index contributed by atoms with van der Waals surface area (Å²) in [5.41, 5.74) is 2.91. The maximum atomic E-state index is 12.3. The van der Waals surface area contributed by atoms with E-state index in [1.807, 2.05) is 49.4 Å². The van der Waals surface area contributed by atoms with E-state index in [1.165, 1.54) is 5.56 Å². The molecule has 0 heterocycles. The van der Waals surface area contributed by atoms with Gasteiger partial charge in [0, 0.05) is 5.56 Å². The highest BCUT2D eigenvalue weighted by atomic mass is 16.1. The fourth-order valence-electron chi connectivity index (χ4n) is 2.44. The lowest BCUT2D eigenvalue weighted by molar-refractivity contribution is 0.0930. The van der Waals surface area contributed by atoms with Crippen LogP contribution in [-0.2, 0) is 5.54 Å². The molecule has 19 heavy (non-hydrogen) atoms. The Hall–Kier alpha value is -2.09. The first-order valence-corrected chi connectivity index (χ1v) is 6.64. The Morgan fingerprint density at radius 2 is 1.79 bits per heavy atom. The molecule has 0 spiro atoms. The molecule has 0 saturated heterocycles. The van der Waals surface area contributed by atoms with Gasteiger partial charge in [-0.2, -0.15) is 0 Å². The van der Waals surface area contributed by atoms with Gasteiger partial charge in [0.1, 0.15) is 0 Å². The molecular weight excluding hydrogens is 234 g/mol. The number of carbonyl (C=O) groups is 1. The van der Waals surface area contributed by atoms with Crippen molar-refractivity contribution in [3.63, 3.8) is 0 Å². The van der Waals surface area contributed by atoms with E-state index in [1.54, 1.807) is 0 Å². The molecule has 0 bridgehead atoms. The van der Waals surface area contributed by atoms with Crippen LogP contribution < -0.4 is 5.32 Å². The van der Waals surface area contributed by atoms with Gasteiger partial charge >= 0.3 is 0 Å². The predicted octanol–water partition coefficient (Wildman–Crippen LogP) is 3.41. The van der Waals surface area contributed by atoms with Crippen molar-refractivity contribution in [2.45, 2.75) is 25.3 Å². The minimum atomic E-state index is -0.137. The summed E-state index contributed by atoms with van der Waals surface area (Å²) in [6.45, 7) is 2.00. The average molecular weight is 251 g/mol. The molecule has 96 valence electrons. The molecule has 1 fully saturated rings. The van der Waals surface area contributed by atoms with Crippen LogP contribution in [0.5, 0.6) is 0 Å². The molecular formula is C17H17NO. The zero-order valence-electron chi connectivity index (χ0n) is 11.0. The third-order valence-corrected chi connectivity index (χ3v) is 3.71. The van der Waals surface area contributed by atoms with Crippen LogP contribution in [0.3, 0.4) is 0 Å². The van der Waals surface area contributed by atoms with Gasteiger partial charge in [-0.3, -0.25) is 4.79 Å². The van der Waals surface area contributed by atoms with Crippen molar-refractivity contribution in [2.75, 3.05) is 0 Å². The van der Waals surface area contributed by atoms with Gasteiger partial charge in [0.05, 0.1) is 5.54 Å². The number of carbonyl (C=O) groups excluding carboxylic acids is 1. The first kappa shape index (κ1) is 12.0. The van der Waals surface area contributed by atoms with Gasteiger partial charge in [0.2, 0.25) is 0 Å². The molecule has 0 aromatic heterocycles. The van der Waals surface area contributed by atoms with Crippen LogP contribution in [0.15, 0.2) is 54.6 Å². The van der Waals surface area contributed by atoms with E-state index in [4.69, 9.17) is 0 Å². The van der Waals surface area contributed by atoms with Crippen molar-refractivity contribution in [3.8, 4) is 0 Å². The van der Waals surface area contributed by atoms with Crippen LogP contribution in [0.25, 0.3) is 0 Å². The zero-order valence-corrected chi connectivity index (χ0v) is 11.0. The molecule has 1 saturated carbocycles. The highest BCUT2D eigenvalue weighted by molar-refractivity contribution is 5.95. The van der Waals surface area contributed by atoms with Gasteiger partial charge in [-0.15, -0.1) is 0 Å². The van der Waals surface area contributed by atoms with Crippen molar-refractivity contribution < 1.29 is 4.79 Å². The Morgan fingerprint density at radius 1 is 1.05 bits per heavy atom. The number of rotatable bonds is 3. The SMILES string of the molecule is Cc1cccc(C(=O)NC2(c3ccccc3)CC2)c1. The van der Waals surface area contributed by atoms with Crippen LogP contribution in [0.1, 0.15) is 34.3 Å². The summed E-state index contributed by atoms with van der Waals surface area (Å²) in [6.07, 6.45) is 2.04. The fourth-order valence-corrected chi connectivity index (χ4v) is 2.44. The highest BCUT2D eigenvalue weighted by Gasteiger charge is 2.45. The number of benzene rings is 2. The molecule has 1 N–H and O–H groups in total. The fraction of sp³-hybridized carbons (Fsp3) is 0.235. The average Bonchev–Trinajstić information content (AvgIpc) is 3.21. The van der Waals surface area contributed by atoms with Crippen LogP contribution >= 0.6 is 0 Å². The largest absolute Gasteiger partial charge is 0.343 e. The van der Waals surface area contributed by atoms with Gasteiger partial charge in [-0.25, -0.2) is 0 Å². The van der Waals surface area contributed by atoms with Gasteiger partial charge in [0.15, 0.2) is 0 Å². The first-order valence-electron chi connectivity index (χ1n) is 6.64. The molecule has 2 aromatic rings. The Labute approximate surface area is 113 Å². The first-order chi connectivity index (χ1) is 9.20. The van der Waals surface area contributed by atoms with E-state index in [0.717, 1.165) is 24.0 Å². The predicted molar refractivity (Wildman–Crippen MR) is 76.0 cm³/mol. The van der Waals surface area contributed by atoms with Gasteiger partial charge in [0.25, 0.3) is 5.91 Å². The minimum absolute atomic E-state index is 0.0186. The quantitative estimate of drug-likeness (QED) is 0.889. The molecule has 0 atom stereocenters. The van der Waals surface area contributed by atoms with Gasteiger partial charge < -0.3 is 5.32 Å². The Kier molecular flexibility index (Phi) is 2.86. The number of nitrogens with one attached hydrogen (secondary N) is 1. The lowest BCUT2D eigenvalue weighted by Gasteiger charge is -2.18. The number of hydrogen-bond donors (Lipinski definition) is 1. The second kappa shape index (κ2) is 4.54. The van der Waals surface area contributed by atoms with Crippen LogP contribution in [0.4, 0.5) is 0 Å². The summed E-state index contributed by atoms with van der Waals surface area (Å²) in [6, 6.07) is 17.9. The second-order valence-electron chi connectivity index (χ2n) is 5.27. The molecule has 2 aromatic carbocycles. The van der Waals surface area contributed by atoms with Crippen molar-refractivity contribution in [3.05, 3.63) is 71.3 Å². The van der Waals surface area contributed by atoms with Crippen molar-refractivity contribution in [1.29, 1.82) is 0 Å². The Balaban J connectivity index is 1.81. The summed E-state index contributed by atoms with van der Waals surface area (Å²) in [4.78, 5) is 12.3.